The van der Waals surface area contributed by atoms with Gasteiger partial charge in [0.2, 0.25) is 0 Å². The molecule has 3 nitrogen and oxygen atoms in total. The van der Waals surface area contributed by atoms with Gasteiger partial charge in [-0.05, 0) is 58.2 Å². The highest BCUT2D eigenvalue weighted by atomic mass is 79.9. The molecular weight excluding hydrogens is 336 g/mol. The van der Waals surface area contributed by atoms with Crippen molar-refractivity contribution in [2.75, 3.05) is 14.2 Å². The molecular formula is C15H15BrN2OS. The molecule has 0 N–H and O–H groups in total. The predicted molar refractivity (Wildman–Crippen MR) is 84.9 cm³/mol. The maximum atomic E-state index is 8.99. The summed E-state index contributed by atoms with van der Waals surface area (Å²) in [5, 5.41) is 11.1. The van der Waals surface area contributed by atoms with Gasteiger partial charge >= 0.3 is 0 Å². The second-order valence-corrected chi connectivity index (χ2v) is 6.86. The van der Waals surface area contributed by atoms with Crippen molar-refractivity contribution in [2.45, 2.75) is 13.1 Å². The number of thiophene rings is 1. The molecule has 2 aromatic rings. The molecule has 0 amide bonds. The van der Waals surface area contributed by atoms with Crippen LogP contribution in [-0.4, -0.2) is 19.1 Å². The maximum Gasteiger partial charge on any atom is 0.123 e. The Morgan fingerprint density at radius 2 is 2.15 bits per heavy atom. The van der Waals surface area contributed by atoms with Crippen LogP contribution in [0.2, 0.25) is 0 Å². The summed E-state index contributed by atoms with van der Waals surface area (Å²) in [6.45, 7) is 1.61. The lowest BCUT2D eigenvalue weighted by molar-refractivity contribution is 0.310. The Balaban J connectivity index is 2.10. The van der Waals surface area contributed by atoms with Gasteiger partial charge in [-0.25, -0.2) is 0 Å². The highest BCUT2D eigenvalue weighted by molar-refractivity contribution is 9.11. The van der Waals surface area contributed by atoms with E-state index in [0.29, 0.717) is 5.56 Å². The third-order valence-corrected chi connectivity index (χ3v) is 4.48. The zero-order valence-electron chi connectivity index (χ0n) is 11.4. The lowest BCUT2D eigenvalue weighted by atomic mass is 10.1. The molecule has 0 bridgehead atoms. The Hall–Kier alpha value is -1.35. The summed E-state index contributed by atoms with van der Waals surface area (Å²) >= 11 is 5.16. The molecule has 0 unspecified atom stereocenters. The third-order valence-electron chi connectivity index (χ3n) is 2.92. The van der Waals surface area contributed by atoms with E-state index in [9.17, 15) is 0 Å². The molecule has 1 heterocycles. The van der Waals surface area contributed by atoms with Crippen molar-refractivity contribution in [3.8, 4) is 11.8 Å². The topological polar surface area (TPSA) is 36.3 Å². The van der Waals surface area contributed by atoms with E-state index in [-0.39, 0.29) is 0 Å². The van der Waals surface area contributed by atoms with Crippen LogP contribution in [0.25, 0.3) is 0 Å². The third kappa shape index (κ3) is 3.83. The monoisotopic (exact) mass is 350 g/mol. The zero-order valence-corrected chi connectivity index (χ0v) is 13.8. The van der Waals surface area contributed by atoms with E-state index in [2.05, 4.69) is 45.4 Å². The number of hydrogen-bond acceptors (Lipinski definition) is 4. The molecule has 0 aliphatic carbocycles. The standard InChI is InChI=1S/C15H15BrN2OS/c1-18(8-12-6-15(16)20-10-12)9-13-5-11(7-17)3-4-14(13)19-2/h3-6,10H,8-9H2,1-2H3. The molecule has 0 fully saturated rings. The number of hydrogen-bond donors (Lipinski definition) is 0. The van der Waals surface area contributed by atoms with E-state index in [1.54, 1.807) is 24.5 Å². The lowest BCUT2D eigenvalue weighted by Gasteiger charge is -2.18. The van der Waals surface area contributed by atoms with Crippen LogP contribution in [-0.2, 0) is 13.1 Å². The average Bonchev–Trinajstić information content (AvgIpc) is 2.83. The van der Waals surface area contributed by atoms with Crippen molar-refractivity contribution in [2.24, 2.45) is 0 Å². The van der Waals surface area contributed by atoms with E-state index in [0.717, 1.165) is 28.2 Å². The van der Waals surface area contributed by atoms with Gasteiger partial charge in [0.25, 0.3) is 0 Å². The number of nitriles is 1. The van der Waals surface area contributed by atoms with Crippen molar-refractivity contribution in [3.63, 3.8) is 0 Å². The normalized spacial score (nSPS) is 10.6. The minimum Gasteiger partial charge on any atom is -0.496 e. The van der Waals surface area contributed by atoms with Crippen molar-refractivity contribution in [1.82, 2.24) is 4.90 Å². The molecule has 0 aliphatic heterocycles. The largest absolute Gasteiger partial charge is 0.496 e. The summed E-state index contributed by atoms with van der Waals surface area (Å²) in [6, 6.07) is 9.81. The SMILES string of the molecule is COc1ccc(C#N)cc1CN(C)Cc1csc(Br)c1. The van der Waals surface area contributed by atoms with Crippen LogP contribution < -0.4 is 4.74 Å². The minimum atomic E-state index is 0.660. The van der Waals surface area contributed by atoms with Crippen molar-refractivity contribution >= 4 is 27.3 Å². The maximum absolute atomic E-state index is 8.99. The Morgan fingerprint density at radius 1 is 1.35 bits per heavy atom. The highest BCUT2D eigenvalue weighted by Crippen LogP contribution is 2.24. The van der Waals surface area contributed by atoms with Gasteiger partial charge in [-0.3, -0.25) is 4.90 Å². The van der Waals surface area contributed by atoms with Gasteiger partial charge in [-0.15, -0.1) is 11.3 Å². The quantitative estimate of drug-likeness (QED) is 0.816. The first-order chi connectivity index (χ1) is 9.62. The van der Waals surface area contributed by atoms with E-state index < -0.39 is 0 Å². The first-order valence-electron chi connectivity index (χ1n) is 6.11. The number of rotatable bonds is 5. The van der Waals surface area contributed by atoms with Gasteiger partial charge < -0.3 is 4.74 Å². The van der Waals surface area contributed by atoms with Gasteiger partial charge in [0.1, 0.15) is 5.75 Å². The molecule has 0 spiro atoms. The second kappa shape index (κ2) is 6.89. The summed E-state index contributed by atoms with van der Waals surface area (Å²) in [6.07, 6.45) is 0. The molecule has 0 radical (unpaired) electrons. The number of ether oxygens (including phenoxy) is 1. The second-order valence-electron chi connectivity index (χ2n) is 4.57. The fraction of sp³-hybridized carbons (Fsp3) is 0.267. The number of halogens is 1. The van der Waals surface area contributed by atoms with Crippen molar-refractivity contribution < 1.29 is 4.74 Å². The fourth-order valence-electron chi connectivity index (χ4n) is 2.06. The van der Waals surface area contributed by atoms with E-state index in [1.807, 2.05) is 12.1 Å². The molecule has 5 heteroatoms. The van der Waals surface area contributed by atoms with Crippen LogP contribution in [0.1, 0.15) is 16.7 Å². The number of benzene rings is 1. The molecule has 0 saturated carbocycles. The summed E-state index contributed by atoms with van der Waals surface area (Å²) < 4.78 is 6.50. The van der Waals surface area contributed by atoms with Crippen LogP contribution >= 0.6 is 27.3 Å². The summed E-state index contributed by atoms with van der Waals surface area (Å²) in [5.41, 5.74) is 2.97. The van der Waals surface area contributed by atoms with Gasteiger partial charge in [-0.2, -0.15) is 5.26 Å². The molecule has 20 heavy (non-hydrogen) atoms. The molecule has 2 rings (SSSR count). The van der Waals surface area contributed by atoms with Gasteiger partial charge in [0, 0.05) is 18.7 Å². The Labute approximate surface area is 131 Å². The first kappa shape index (κ1) is 15.0. The van der Waals surface area contributed by atoms with Crippen LogP contribution in [0.5, 0.6) is 5.75 Å². The Kier molecular flexibility index (Phi) is 5.18. The van der Waals surface area contributed by atoms with E-state index in [1.165, 1.54) is 5.56 Å². The van der Waals surface area contributed by atoms with Crippen molar-refractivity contribution in [3.05, 3.63) is 50.1 Å². The van der Waals surface area contributed by atoms with Crippen LogP contribution in [0.4, 0.5) is 0 Å². The van der Waals surface area contributed by atoms with Crippen LogP contribution in [0, 0.1) is 11.3 Å². The number of methoxy groups -OCH3 is 1. The molecule has 104 valence electrons. The Bertz CT molecular complexity index is 633. The lowest BCUT2D eigenvalue weighted by Crippen LogP contribution is -2.17. The first-order valence-corrected chi connectivity index (χ1v) is 7.78. The smallest absolute Gasteiger partial charge is 0.123 e. The van der Waals surface area contributed by atoms with Gasteiger partial charge in [0.15, 0.2) is 0 Å². The van der Waals surface area contributed by atoms with Gasteiger partial charge in [-0.1, -0.05) is 0 Å². The molecule has 0 atom stereocenters. The highest BCUT2D eigenvalue weighted by Gasteiger charge is 2.09. The molecule has 0 saturated heterocycles. The summed E-state index contributed by atoms with van der Waals surface area (Å²) in [7, 11) is 3.71. The summed E-state index contributed by atoms with van der Waals surface area (Å²) in [5.74, 6) is 0.822. The Morgan fingerprint density at radius 3 is 2.75 bits per heavy atom. The average molecular weight is 351 g/mol. The molecule has 1 aromatic carbocycles. The number of nitrogens with zero attached hydrogens (tertiary/aromatic N) is 2. The van der Waals surface area contributed by atoms with Crippen molar-refractivity contribution in [1.29, 1.82) is 5.26 Å². The summed E-state index contributed by atoms with van der Waals surface area (Å²) in [4.78, 5) is 2.20. The van der Waals surface area contributed by atoms with Gasteiger partial charge in [0.05, 0.1) is 22.5 Å². The molecule has 1 aromatic heterocycles. The van der Waals surface area contributed by atoms with E-state index >= 15 is 0 Å². The van der Waals surface area contributed by atoms with E-state index in [4.69, 9.17) is 10.00 Å². The fourth-order valence-corrected chi connectivity index (χ4v) is 3.26. The van der Waals surface area contributed by atoms with Crippen LogP contribution in [0.15, 0.2) is 33.4 Å². The minimum absolute atomic E-state index is 0.660. The zero-order chi connectivity index (χ0) is 14.5. The predicted octanol–water partition coefficient (Wildman–Crippen LogP) is 4.02. The molecule has 0 aliphatic rings. The van der Waals surface area contributed by atoms with Crippen LogP contribution in [0.3, 0.4) is 0 Å².